The van der Waals surface area contributed by atoms with Gasteiger partial charge in [0, 0.05) is 18.7 Å². The summed E-state index contributed by atoms with van der Waals surface area (Å²) in [5, 5.41) is 9.38. The van der Waals surface area contributed by atoms with E-state index in [1.54, 1.807) is 18.2 Å². The molecule has 0 heterocycles. The Morgan fingerprint density at radius 1 is 1.28 bits per heavy atom. The number of phenols is 1. The maximum atomic E-state index is 12.4. The molecule has 3 nitrogen and oxygen atoms in total. The van der Waals surface area contributed by atoms with Gasteiger partial charge in [-0.15, -0.1) is 0 Å². The molecule has 0 bridgehead atoms. The number of aromatic hydroxyl groups is 1. The van der Waals surface area contributed by atoms with Crippen molar-refractivity contribution in [3.63, 3.8) is 0 Å². The minimum Gasteiger partial charge on any atom is -0.508 e. The number of carbonyl (C=O) groups is 1. The second-order valence-corrected chi connectivity index (χ2v) is 5.21. The van der Waals surface area contributed by atoms with Crippen LogP contribution >= 0.6 is 0 Å². The second-order valence-electron chi connectivity index (χ2n) is 5.21. The summed E-state index contributed by atoms with van der Waals surface area (Å²) in [6, 6.07) is 5.31. The van der Waals surface area contributed by atoms with Crippen LogP contribution in [-0.2, 0) is 0 Å². The monoisotopic (exact) mass is 247 g/mol. The predicted octanol–water partition coefficient (Wildman–Crippen LogP) is 3.11. The number of benzene rings is 1. The first-order chi connectivity index (χ1) is 8.59. The summed E-state index contributed by atoms with van der Waals surface area (Å²) in [5.41, 5.74) is 1.53. The van der Waals surface area contributed by atoms with Crippen molar-refractivity contribution in [2.24, 2.45) is 0 Å². The van der Waals surface area contributed by atoms with Crippen LogP contribution in [0.2, 0.25) is 0 Å². The van der Waals surface area contributed by atoms with Gasteiger partial charge in [-0.3, -0.25) is 4.79 Å². The number of amides is 1. The number of carbonyl (C=O) groups excluding carboxylic acids is 1. The lowest BCUT2D eigenvalue weighted by Crippen LogP contribution is -2.38. The van der Waals surface area contributed by atoms with E-state index >= 15 is 0 Å². The highest BCUT2D eigenvalue weighted by Crippen LogP contribution is 2.24. The van der Waals surface area contributed by atoms with Gasteiger partial charge in [0.25, 0.3) is 5.91 Å². The summed E-state index contributed by atoms with van der Waals surface area (Å²) in [5.74, 6) is 0.281. The third-order valence-electron chi connectivity index (χ3n) is 3.88. The van der Waals surface area contributed by atoms with Crippen molar-refractivity contribution in [3.8, 4) is 5.75 Å². The summed E-state index contributed by atoms with van der Waals surface area (Å²) >= 11 is 0. The molecule has 1 aromatic rings. The van der Waals surface area contributed by atoms with Gasteiger partial charge < -0.3 is 10.0 Å². The Morgan fingerprint density at radius 2 is 1.94 bits per heavy atom. The van der Waals surface area contributed by atoms with Gasteiger partial charge in [0.05, 0.1) is 0 Å². The van der Waals surface area contributed by atoms with Crippen molar-refractivity contribution < 1.29 is 9.90 Å². The molecule has 1 fully saturated rings. The molecule has 0 aromatic heterocycles. The molecule has 98 valence electrons. The van der Waals surface area contributed by atoms with Crippen LogP contribution in [0.4, 0.5) is 0 Å². The number of rotatable bonds is 2. The number of nitrogens with zero attached hydrogens (tertiary/aromatic N) is 1. The normalized spacial score (nSPS) is 16.6. The summed E-state index contributed by atoms with van der Waals surface area (Å²) in [6.45, 7) is 1.86. The van der Waals surface area contributed by atoms with Crippen LogP contribution in [0, 0.1) is 6.92 Å². The van der Waals surface area contributed by atoms with Gasteiger partial charge in [-0.25, -0.2) is 0 Å². The summed E-state index contributed by atoms with van der Waals surface area (Å²) in [4.78, 5) is 14.3. The molecule has 0 aliphatic heterocycles. The van der Waals surface area contributed by atoms with Crippen LogP contribution in [0.1, 0.15) is 48.0 Å². The van der Waals surface area contributed by atoms with Crippen molar-refractivity contribution >= 4 is 5.91 Å². The zero-order valence-electron chi connectivity index (χ0n) is 11.1. The number of aryl methyl sites for hydroxylation is 1. The van der Waals surface area contributed by atoms with Crippen LogP contribution in [0.15, 0.2) is 18.2 Å². The molecule has 1 saturated carbocycles. The van der Waals surface area contributed by atoms with Gasteiger partial charge in [0.2, 0.25) is 0 Å². The van der Waals surface area contributed by atoms with E-state index in [1.165, 1.54) is 19.3 Å². The molecule has 2 rings (SSSR count). The van der Waals surface area contributed by atoms with E-state index in [4.69, 9.17) is 0 Å². The van der Waals surface area contributed by atoms with Gasteiger partial charge >= 0.3 is 0 Å². The topological polar surface area (TPSA) is 40.5 Å². The second kappa shape index (κ2) is 5.42. The number of phenolic OH excluding ortho intramolecular Hbond substituents is 1. The minimum atomic E-state index is 0.0689. The fraction of sp³-hybridized carbons (Fsp3) is 0.533. The Balaban J connectivity index is 2.14. The van der Waals surface area contributed by atoms with Gasteiger partial charge in [-0.2, -0.15) is 0 Å². The highest BCUT2D eigenvalue weighted by Gasteiger charge is 2.23. The van der Waals surface area contributed by atoms with Crippen LogP contribution in [0.5, 0.6) is 5.75 Å². The molecular weight excluding hydrogens is 226 g/mol. The smallest absolute Gasteiger partial charge is 0.254 e. The van der Waals surface area contributed by atoms with E-state index in [9.17, 15) is 9.90 Å². The Bertz CT molecular complexity index is 436. The van der Waals surface area contributed by atoms with Crippen molar-refractivity contribution in [2.45, 2.75) is 45.1 Å². The summed E-state index contributed by atoms with van der Waals surface area (Å²) in [7, 11) is 1.89. The molecule has 3 heteroatoms. The van der Waals surface area contributed by atoms with Crippen LogP contribution < -0.4 is 0 Å². The standard InChI is InChI=1S/C15H21NO2/c1-11-10-13(17)8-9-14(11)15(18)16(2)12-6-4-3-5-7-12/h8-10,12,17H,3-7H2,1-2H3. The summed E-state index contributed by atoms with van der Waals surface area (Å²) < 4.78 is 0. The average molecular weight is 247 g/mol. The third-order valence-corrected chi connectivity index (χ3v) is 3.88. The van der Waals surface area contributed by atoms with Gasteiger partial charge in [-0.1, -0.05) is 19.3 Å². The molecule has 1 aliphatic rings. The third kappa shape index (κ3) is 2.66. The largest absolute Gasteiger partial charge is 0.508 e. The zero-order chi connectivity index (χ0) is 13.1. The van der Waals surface area contributed by atoms with Crippen molar-refractivity contribution in [3.05, 3.63) is 29.3 Å². The molecule has 0 atom stereocenters. The van der Waals surface area contributed by atoms with Crippen LogP contribution in [0.3, 0.4) is 0 Å². The molecule has 0 unspecified atom stereocenters. The van der Waals surface area contributed by atoms with Gasteiger partial charge in [0.1, 0.15) is 5.75 Å². The zero-order valence-corrected chi connectivity index (χ0v) is 11.1. The molecule has 1 aliphatic carbocycles. The quantitative estimate of drug-likeness (QED) is 0.872. The first-order valence-electron chi connectivity index (χ1n) is 6.66. The van der Waals surface area contributed by atoms with E-state index in [1.807, 2.05) is 18.9 Å². The fourth-order valence-electron chi connectivity index (χ4n) is 2.71. The first kappa shape index (κ1) is 12.9. The van der Waals surface area contributed by atoms with E-state index in [0.29, 0.717) is 11.6 Å². The maximum absolute atomic E-state index is 12.4. The molecule has 1 aromatic carbocycles. The van der Waals surface area contributed by atoms with E-state index in [-0.39, 0.29) is 11.7 Å². The number of hydrogen-bond acceptors (Lipinski definition) is 2. The van der Waals surface area contributed by atoms with E-state index < -0.39 is 0 Å². The molecule has 0 saturated heterocycles. The van der Waals surface area contributed by atoms with E-state index in [0.717, 1.165) is 18.4 Å². The Labute approximate surface area is 108 Å². The van der Waals surface area contributed by atoms with Crippen molar-refractivity contribution in [1.82, 2.24) is 4.90 Å². The van der Waals surface area contributed by atoms with Gasteiger partial charge in [-0.05, 0) is 43.5 Å². The molecular formula is C15H21NO2. The summed E-state index contributed by atoms with van der Waals surface area (Å²) in [6.07, 6.45) is 5.95. The highest BCUT2D eigenvalue weighted by atomic mass is 16.3. The molecule has 0 radical (unpaired) electrons. The molecule has 18 heavy (non-hydrogen) atoms. The Morgan fingerprint density at radius 3 is 2.56 bits per heavy atom. The molecule has 0 spiro atoms. The van der Waals surface area contributed by atoms with Crippen molar-refractivity contribution in [1.29, 1.82) is 0 Å². The molecule has 1 amide bonds. The Kier molecular flexibility index (Phi) is 3.90. The fourth-order valence-corrected chi connectivity index (χ4v) is 2.71. The highest BCUT2D eigenvalue weighted by molar-refractivity contribution is 5.95. The number of hydrogen-bond donors (Lipinski definition) is 1. The van der Waals surface area contributed by atoms with Crippen LogP contribution in [0.25, 0.3) is 0 Å². The first-order valence-corrected chi connectivity index (χ1v) is 6.66. The van der Waals surface area contributed by atoms with Crippen LogP contribution in [-0.4, -0.2) is 29.0 Å². The predicted molar refractivity (Wildman–Crippen MR) is 71.8 cm³/mol. The van der Waals surface area contributed by atoms with E-state index in [2.05, 4.69) is 0 Å². The lowest BCUT2D eigenvalue weighted by molar-refractivity contribution is 0.0695. The lowest BCUT2D eigenvalue weighted by atomic mass is 9.94. The maximum Gasteiger partial charge on any atom is 0.254 e. The lowest BCUT2D eigenvalue weighted by Gasteiger charge is -2.31. The molecule has 1 N–H and O–H groups in total. The minimum absolute atomic E-state index is 0.0689. The van der Waals surface area contributed by atoms with Crippen molar-refractivity contribution in [2.75, 3.05) is 7.05 Å². The van der Waals surface area contributed by atoms with Gasteiger partial charge in [0.15, 0.2) is 0 Å². The SMILES string of the molecule is Cc1cc(O)ccc1C(=O)N(C)C1CCCCC1. The Hall–Kier alpha value is -1.51. The average Bonchev–Trinajstić information content (AvgIpc) is 2.38.